The number of carbonyl (C=O) groups is 2. The summed E-state index contributed by atoms with van der Waals surface area (Å²) in [4.78, 5) is 25.5. The Kier molecular flexibility index (Phi) is 4.87. The highest BCUT2D eigenvalue weighted by atomic mass is 32.1. The van der Waals surface area contributed by atoms with Crippen LogP contribution in [-0.2, 0) is 11.0 Å². The fraction of sp³-hybridized carbons (Fsp3) is 0.500. The van der Waals surface area contributed by atoms with Crippen LogP contribution in [0.5, 0.6) is 0 Å². The van der Waals surface area contributed by atoms with E-state index in [1.165, 1.54) is 7.05 Å². The SMILES string of the molecule is CN(CCCC(=O)O)C(=O)c1ncsc1C(F)(F)F. The molecular weight excluding hydrogens is 285 g/mol. The minimum Gasteiger partial charge on any atom is -0.481 e. The van der Waals surface area contributed by atoms with Gasteiger partial charge in [-0.05, 0) is 6.42 Å². The van der Waals surface area contributed by atoms with Crippen LogP contribution >= 0.6 is 11.3 Å². The predicted octanol–water partition coefficient (Wildman–Crippen LogP) is 2.10. The maximum Gasteiger partial charge on any atom is 0.427 e. The molecule has 19 heavy (non-hydrogen) atoms. The van der Waals surface area contributed by atoms with Crippen molar-refractivity contribution in [2.24, 2.45) is 0 Å². The number of hydrogen-bond acceptors (Lipinski definition) is 4. The topological polar surface area (TPSA) is 70.5 Å². The molecule has 1 rings (SSSR count). The molecular formula is C10H11F3N2O3S. The van der Waals surface area contributed by atoms with E-state index >= 15 is 0 Å². The van der Waals surface area contributed by atoms with Crippen molar-refractivity contribution in [3.8, 4) is 0 Å². The maximum atomic E-state index is 12.6. The van der Waals surface area contributed by atoms with Crippen LogP contribution in [0.15, 0.2) is 5.51 Å². The number of alkyl halides is 3. The third kappa shape index (κ3) is 4.19. The molecule has 9 heteroatoms. The minimum atomic E-state index is -4.62. The summed E-state index contributed by atoms with van der Waals surface area (Å²) in [5.74, 6) is -1.88. The molecule has 0 saturated heterocycles. The number of hydrogen-bond donors (Lipinski definition) is 1. The average Bonchev–Trinajstić information content (AvgIpc) is 2.75. The van der Waals surface area contributed by atoms with Crippen molar-refractivity contribution in [1.29, 1.82) is 0 Å². The molecule has 1 aromatic rings. The average molecular weight is 296 g/mol. The monoisotopic (exact) mass is 296 g/mol. The van der Waals surface area contributed by atoms with Crippen molar-refractivity contribution >= 4 is 23.2 Å². The summed E-state index contributed by atoms with van der Waals surface area (Å²) < 4.78 is 37.8. The van der Waals surface area contributed by atoms with Gasteiger partial charge in [-0.25, -0.2) is 4.98 Å². The normalized spacial score (nSPS) is 11.4. The zero-order valence-corrected chi connectivity index (χ0v) is 10.7. The molecule has 1 amide bonds. The summed E-state index contributed by atoms with van der Waals surface area (Å²) in [6, 6.07) is 0. The molecule has 0 unspecified atom stereocenters. The Balaban J connectivity index is 2.72. The van der Waals surface area contributed by atoms with Crippen molar-refractivity contribution in [1.82, 2.24) is 9.88 Å². The van der Waals surface area contributed by atoms with Gasteiger partial charge in [0.05, 0.1) is 5.51 Å². The Morgan fingerprint density at radius 3 is 2.63 bits per heavy atom. The molecule has 0 aliphatic rings. The Labute approximate surface area is 110 Å². The standard InChI is InChI=1S/C10H11F3N2O3S/c1-15(4-2-3-6(16)17)9(18)7-8(10(11,12)13)19-5-14-7/h5H,2-4H2,1H3,(H,16,17). The van der Waals surface area contributed by atoms with Crippen LogP contribution in [0.25, 0.3) is 0 Å². The number of aliphatic carboxylic acids is 1. The molecule has 0 fully saturated rings. The number of amides is 1. The first-order valence-electron chi connectivity index (χ1n) is 5.21. The van der Waals surface area contributed by atoms with Gasteiger partial charge in [0.2, 0.25) is 0 Å². The summed E-state index contributed by atoms with van der Waals surface area (Å²) in [6.45, 7) is 0.0555. The zero-order chi connectivity index (χ0) is 14.6. The summed E-state index contributed by atoms with van der Waals surface area (Å²) in [5.41, 5.74) is 0.316. The molecule has 106 valence electrons. The van der Waals surface area contributed by atoms with Gasteiger partial charge >= 0.3 is 12.1 Å². The second-order valence-electron chi connectivity index (χ2n) is 3.75. The second kappa shape index (κ2) is 6.00. The van der Waals surface area contributed by atoms with Crippen LogP contribution in [0.4, 0.5) is 13.2 Å². The van der Waals surface area contributed by atoms with Gasteiger partial charge in [-0.15, -0.1) is 11.3 Å². The molecule has 0 saturated carbocycles. The van der Waals surface area contributed by atoms with E-state index in [4.69, 9.17) is 5.11 Å². The summed E-state index contributed by atoms with van der Waals surface area (Å²) in [5, 5.41) is 8.44. The van der Waals surface area contributed by atoms with Crippen LogP contribution in [0.3, 0.4) is 0 Å². The highest BCUT2D eigenvalue weighted by Crippen LogP contribution is 2.35. The first-order valence-corrected chi connectivity index (χ1v) is 6.09. The molecule has 0 aliphatic carbocycles. The van der Waals surface area contributed by atoms with Crippen LogP contribution in [0.2, 0.25) is 0 Å². The van der Waals surface area contributed by atoms with Crippen LogP contribution in [-0.4, -0.2) is 40.5 Å². The van der Waals surface area contributed by atoms with Gasteiger partial charge in [-0.1, -0.05) is 0 Å². The summed E-state index contributed by atoms with van der Waals surface area (Å²) in [7, 11) is 1.31. The number of nitrogens with zero attached hydrogens (tertiary/aromatic N) is 2. The number of thiazole rings is 1. The van der Waals surface area contributed by atoms with E-state index in [-0.39, 0.29) is 19.4 Å². The lowest BCUT2D eigenvalue weighted by Crippen LogP contribution is -2.30. The van der Waals surface area contributed by atoms with E-state index in [2.05, 4.69) is 4.98 Å². The number of carboxylic acid groups (broad SMARTS) is 1. The van der Waals surface area contributed by atoms with E-state index < -0.39 is 28.6 Å². The number of carboxylic acids is 1. The Bertz CT molecular complexity index is 473. The van der Waals surface area contributed by atoms with Crippen molar-refractivity contribution in [2.75, 3.05) is 13.6 Å². The van der Waals surface area contributed by atoms with E-state index in [0.29, 0.717) is 11.3 Å². The molecule has 0 aliphatic heterocycles. The third-order valence-corrected chi connectivity index (χ3v) is 3.13. The molecule has 0 spiro atoms. The molecule has 1 aromatic heterocycles. The van der Waals surface area contributed by atoms with Gasteiger partial charge in [0.25, 0.3) is 5.91 Å². The predicted molar refractivity (Wildman–Crippen MR) is 60.9 cm³/mol. The largest absolute Gasteiger partial charge is 0.481 e. The van der Waals surface area contributed by atoms with Crippen LogP contribution < -0.4 is 0 Å². The lowest BCUT2D eigenvalue weighted by molar-refractivity contribution is -0.137. The summed E-state index contributed by atoms with van der Waals surface area (Å²) >= 11 is 0.353. The lowest BCUT2D eigenvalue weighted by atomic mass is 10.2. The van der Waals surface area contributed by atoms with Gasteiger partial charge in [0, 0.05) is 20.0 Å². The molecule has 5 nitrogen and oxygen atoms in total. The zero-order valence-electron chi connectivity index (χ0n) is 9.90. The Morgan fingerprint density at radius 2 is 2.11 bits per heavy atom. The molecule has 0 aromatic carbocycles. The lowest BCUT2D eigenvalue weighted by Gasteiger charge is -2.16. The number of halogens is 3. The number of rotatable bonds is 5. The van der Waals surface area contributed by atoms with Gasteiger partial charge in [0.1, 0.15) is 4.88 Å². The minimum absolute atomic E-state index is 0.0555. The Hall–Kier alpha value is -1.64. The molecule has 1 heterocycles. The van der Waals surface area contributed by atoms with E-state index in [0.717, 1.165) is 10.4 Å². The number of aromatic nitrogens is 1. The second-order valence-corrected chi connectivity index (χ2v) is 4.61. The van der Waals surface area contributed by atoms with Crippen molar-refractivity contribution in [3.05, 3.63) is 16.1 Å². The van der Waals surface area contributed by atoms with Crippen LogP contribution in [0, 0.1) is 0 Å². The Morgan fingerprint density at radius 1 is 1.47 bits per heavy atom. The van der Waals surface area contributed by atoms with Gasteiger partial charge in [-0.3, -0.25) is 9.59 Å². The third-order valence-electron chi connectivity index (χ3n) is 2.26. The first kappa shape index (κ1) is 15.4. The highest BCUT2D eigenvalue weighted by molar-refractivity contribution is 7.10. The smallest absolute Gasteiger partial charge is 0.427 e. The van der Waals surface area contributed by atoms with E-state index in [1.54, 1.807) is 0 Å². The number of carbonyl (C=O) groups excluding carboxylic acids is 1. The molecule has 0 radical (unpaired) electrons. The first-order chi connectivity index (χ1) is 8.73. The highest BCUT2D eigenvalue weighted by Gasteiger charge is 2.38. The molecule has 0 bridgehead atoms. The van der Waals surface area contributed by atoms with Gasteiger partial charge < -0.3 is 10.0 Å². The maximum absolute atomic E-state index is 12.6. The fourth-order valence-electron chi connectivity index (χ4n) is 1.35. The van der Waals surface area contributed by atoms with Crippen molar-refractivity contribution < 1.29 is 27.9 Å². The van der Waals surface area contributed by atoms with Crippen LogP contribution in [0.1, 0.15) is 28.2 Å². The molecule has 1 N–H and O–H groups in total. The van der Waals surface area contributed by atoms with Gasteiger partial charge in [-0.2, -0.15) is 13.2 Å². The van der Waals surface area contributed by atoms with Crippen molar-refractivity contribution in [2.45, 2.75) is 19.0 Å². The summed E-state index contributed by atoms with van der Waals surface area (Å²) in [6.07, 6.45) is -4.60. The quantitative estimate of drug-likeness (QED) is 0.903. The van der Waals surface area contributed by atoms with E-state index in [1.807, 2.05) is 0 Å². The van der Waals surface area contributed by atoms with Crippen molar-refractivity contribution in [3.63, 3.8) is 0 Å². The fourth-order valence-corrected chi connectivity index (χ4v) is 2.00. The van der Waals surface area contributed by atoms with Gasteiger partial charge in [0.15, 0.2) is 5.69 Å². The van der Waals surface area contributed by atoms with E-state index in [9.17, 15) is 22.8 Å². The molecule has 0 atom stereocenters.